The van der Waals surface area contributed by atoms with Crippen molar-refractivity contribution in [2.45, 2.75) is 6.42 Å². The van der Waals surface area contributed by atoms with Gasteiger partial charge in [0.05, 0.1) is 24.9 Å². The Hall–Kier alpha value is -1.78. The lowest BCUT2D eigenvalue weighted by molar-refractivity contribution is -0.139. The maximum absolute atomic E-state index is 13.2. The summed E-state index contributed by atoms with van der Waals surface area (Å²) in [7, 11) is 1.24. The Morgan fingerprint density at radius 1 is 1.43 bits per heavy atom. The van der Waals surface area contributed by atoms with Crippen LogP contribution in [0.1, 0.15) is 5.56 Å². The Labute approximate surface area is 80.6 Å². The Balaban J connectivity index is 2.98. The minimum Gasteiger partial charge on any atom is -0.469 e. The van der Waals surface area contributed by atoms with E-state index >= 15 is 0 Å². The van der Waals surface area contributed by atoms with Gasteiger partial charge in [-0.3, -0.25) is 4.79 Å². The van der Waals surface area contributed by atoms with E-state index in [1.165, 1.54) is 13.2 Å². The molecule has 76 valence electrons. The van der Waals surface area contributed by atoms with Crippen molar-refractivity contribution in [2.24, 2.45) is 0 Å². The molecule has 1 aromatic rings. The molecule has 0 saturated heterocycles. The number of hydrogen-bond donors (Lipinski definition) is 2. The Kier molecular flexibility index (Phi) is 2.91. The van der Waals surface area contributed by atoms with Gasteiger partial charge in [0.25, 0.3) is 0 Å². The van der Waals surface area contributed by atoms with Crippen molar-refractivity contribution in [1.29, 1.82) is 0 Å². The van der Waals surface area contributed by atoms with Crippen LogP contribution in [0.4, 0.5) is 15.8 Å². The number of rotatable bonds is 2. The smallest absolute Gasteiger partial charge is 0.310 e. The minimum absolute atomic E-state index is 0.146. The van der Waals surface area contributed by atoms with Crippen molar-refractivity contribution in [3.63, 3.8) is 0 Å². The molecule has 0 aliphatic rings. The average molecular weight is 198 g/mol. The minimum atomic E-state index is -0.554. The van der Waals surface area contributed by atoms with Gasteiger partial charge < -0.3 is 16.2 Å². The highest BCUT2D eigenvalue weighted by molar-refractivity contribution is 5.74. The third-order valence-corrected chi connectivity index (χ3v) is 1.81. The summed E-state index contributed by atoms with van der Waals surface area (Å²) in [5, 5.41) is 0. The molecule has 0 aromatic heterocycles. The van der Waals surface area contributed by atoms with Gasteiger partial charge in [0, 0.05) is 5.56 Å². The summed E-state index contributed by atoms with van der Waals surface area (Å²) in [6.07, 6.45) is -0.146. The molecule has 0 heterocycles. The van der Waals surface area contributed by atoms with Crippen LogP contribution in [-0.2, 0) is 16.0 Å². The van der Waals surface area contributed by atoms with E-state index in [1.807, 2.05) is 0 Å². The molecule has 0 radical (unpaired) electrons. The molecule has 0 aliphatic heterocycles. The summed E-state index contributed by atoms with van der Waals surface area (Å²) in [5.74, 6) is -1.07. The number of ether oxygens (including phenoxy) is 1. The summed E-state index contributed by atoms with van der Waals surface area (Å²) < 4.78 is 17.6. The predicted molar refractivity (Wildman–Crippen MR) is 50.9 cm³/mol. The second-order valence-electron chi connectivity index (χ2n) is 2.83. The summed E-state index contributed by atoms with van der Waals surface area (Å²) in [6, 6.07) is 2.43. The fraction of sp³-hybridized carbons (Fsp3) is 0.222. The molecule has 0 atom stereocenters. The topological polar surface area (TPSA) is 78.3 Å². The van der Waals surface area contributed by atoms with E-state index in [-0.39, 0.29) is 23.4 Å². The number of anilines is 2. The Morgan fingerprint density at radius 2 is 2.00 bits per heavy atom. The molecular formula is C9H11FN2O2. The highest BCUT2D eigenvalue weighted by Crippen LogP contribution is 2.20. The average Bonchev–Trinajstić information content (AvgIpc) is 2.14. The first-order valence-electron chi connectivity index (χ1n) is 3.94. The molecule has 0 saturated carbocycles. The molecule has 0 bridgehead atoms. The maximum atomic E-state index is 13.2. The molecule has 1 rings (SSSR count). The van der Waals surface area contributed by atoms with Crippen LogP contribution in [0, 0.1) is 5.82 Å². The zero-order chi connectivity index (χ0) is 10.7. The molecule has 4 nitrogen and oxygen atoms in total. The quantitative estimate of drug-likeness (QED) is 0.541. The van der Waals surface area contributed by atoms with Gasteiger partial charge >= 0.3 is 5.97 Å². The van der Waals surface area contributed by atoms with Crippen molar-refractivity contribution in [1.82, 2.24) is 0 Å². The fourth-order valence-electron chi connectivity index (χ4n) is 1.02. The normalized spacial score (nSPS) is 9.86. The molecule has 0 aliphatic carbocycles. The van der Waals surface area contributed by atoms with Crippen LogP contribution >= 0.6 is 0 Å². The van der Waals surface area contributed by atoms with E-state index in [4.69, 9.17) is 11.5 Å². The second kappa shape index (κ2) is 3.95. The van der Waals surface area contributed by atoms with Gasteiger partial charge in [0.1, 0.15) is 5.82 Å². The van der Waals surface area contributed by atoms with E-state index in [0.717, 1.165) is 6.07 Å². The van der Waals surface area contributed by atoms with Gasteiger partial charge in [-0.1, -0.05) is 0 Å². The van der Waals surface area contributed by atoms with E-state index in [0.29, 0.717) is 0 Å². The SMILES string of the molecule is COC(=O)Cc1cc(N)c(N)cc1F. The zero-order valence-electron chi connectivity index (χ0n) is 7.71. The van der Waals surface area contributed by atoms with Crippen LogP contribution in [0.5, 0.6) is 0 Å². The predicted octanol–water partition coefficient (Wildman–Crippen LogP) is 0.706. The maximum Gasteiger partial charge on any atom is 0.310 e. The van der Waals surface area contributed by atoms with Gasteiger partial charge in [-0.2, -0.15) is 0 Å². The van der Waals surface area contributed by atoms with Crippen LogP contribution in [0.25, 0.3) is 0 Å². The molecule has 0 fully saturated rings. The first-order chi connectivity index (χ1) is 6.54. The third kappa shape index (κ3) is 2.12. The molecule has 5 heteroatoms. The highest BCUT2D eigenvalue weighted by Gasteiger charge is 2.10. The van der Waals surface area contributed by atoms with Crippen LogP contribution in [0.2, 0.25) is 0 Å². The van der Waals surface area contributed by atoms with Crippen molar-refractivity contribution < 1.29 is 13.9 Å². The number of nitrogens with two attached hydrogens (primary N) is 2. The van der Waals surface area contributed by atoms with E-state index < -0.39 is 11.8 Å². The van der Waals surface area contributed by atoms with Gasteiger partial charge in [-0.05, 0) is 12.1 Å². The van der Waals surface area contributed by atoms with Gasteiger partial charge in [-0.25, -0.2) is 4.39 Å². The zero-order valence-corrected chi connectivity index (χ0v) is 7.71. The van der Waals surface area contributed by atoms with Crippen LogP contribution < -0.4 is 11.5 Å². The number of carbonyl (C=O) groups excluding carboxylic acids is 1. The van der Waals surface area contributed by atoms with E-state index in [9.17, 15) is 9.18 Å². The summed E-state index contributed by atoms with van der Waals surface area (Å²) >= 11 is 0. The second-order valence-corrected chi connectivity index (χ2v) is 2.83. The highest BCUT2D eigenvalue weighted by atomic mass is 19.1. The standard InChI is InChI=1S/C9H11FN2O2/c1-14-9(13)3-5-2-7(11)8(12)4-6(5)10/h2,4H,3,11-12H2,1H3. The van der Waals surface area contributed by atoms with Crippen LogP contribution in [0.15, 0.2) is 12.1 Å². The van der Waals surface area contributed by atoms with Gasteiger partial charge in [-0.15, -0.1) is 0 Å². The number of hydrogen-bond acceptors (Lipinski definition) is 4. The first-order valence-corrected chi connectivity index (χ1v) is 3.94. The Bertz CT molecular complexity index is 366. The van der Waals surface area contributed by atoms with Gasteiger partial charge in [0.2, 0.25) is 0 Å². The van der Waals surface area contributed by atoms with Crippen LogP contribution in [-0.4, -0.2) is 13.1 Å². The molecule has 0 amide bonds. The van der Waals surface area contributed by atoms with Crippen molar-refractivity contribution in [2.75, 3.05) is 18.6 Å². The van der Waals surface area contributed by atoms with E-state index in [1.54, 1.807) is 0 Å². The number of halogens is 1. The first kappa shape index (κ1) is 10.3. The third-order valence-electron chi connectivity index (χ3n) is 1.81. The van der Waals surface area contributed by atoms with Crippen LogP contribution in [0.3, 0.4) is 0 Å². The monoisotopic (exact) mass is 198 g/mol. The number of nitrogen functional groups attached to an aromatic ring is 2. The van der Waals surface area contributed by atoms with Crippen molar-refractivity contribution >= 4 is 17.3 Å². The van der Waals surface area contributed by atoms with E-state index in [2.05, 4.69) is 4.74 Å². The number of benzene rings is 1. The number of methoxy groups -OCH3 is 1. The molecule has 0 unspecified atom stereocenters. The summed E-state index contributed by atoms with van der Waals surface area (Å²) in [6.45, 7) is 0. The molecule has 0 spiro atoms. The fourth-order valence-corrected chi connectivity index (χ4v) is 1.02. The summed E-state index contributed by atoms with van der Waals surface area (Å²) in [5.41, 5.74) is 11.4. The lowest BCUT2D eigenvalue weighted by Crippen LogP contribution is -2.07. The molecular weight excluding hydrogens is 187 g/mol. The van der Waals surface area contributed by atoms with Gasteiger partial charge in [0.15, 0.2) is 0 Å². The number of esters is 1. The Morgan fingerprint density at radius 3 is 2.57 bits per heavy atom. The largest absolute Gasteiger partial charge is 0.469 e. The lowest BCUT2D eigenvalue weighted by Gasteiger charge is -2.05. The number of carbonyl (C=O) groups is 1. The van der Waals surface area contributed by atoms with Crippen molar-refractivity contribution in [3.8, 4) is 0 Å². The molecule has 4 N–H and O–H groups in total. The lowest BCUT2D eigenvalue weighted by atomic mass is 10.1. The van der Waals surface area contributed by atoms with Crippen molar-refractivity contribution in [3.05, 3.63) is 23.5 Å². The molecule has 1 aromatic carbocycles. The summed E-state index contributed by atoms with van der Waals surface area (Å²) in [4.78, 5) is 10.9. The molecule has 14 heavy (non-hydrogen) atoms.